The Morgan fingerprint density at radius 3 is 2.90 bits per heavy atom. The van der Waals surface area contributed by atoms with E-state index in [1.165, 1.54) is 6.07 Å². The first-order valence-electron chi connectivity index (χ1n) is 6.87. The summed E-state index contributed by atoms with van der Waals surface area (Å²) in [6, 6.07) is 9.23. The van der Waals surface area contributed by atoms with Crippen LogP contribution in [0.25, 0.3) is 0 Å². The number of hydrogen-bond donors (Lipinski definition) is 1. The lowest BCUT2D eigenvalue weighted by atomic mass is 10.1. The van der Waals surface area contributed by atoms with Crippen molar-refractivity contribution in [1.29, 1.82) is 0 Å². The molecule has 0 aliphatic heterocycles. The van der Waals surface area contributed by atoms with E-state index in [9.17, 15) is 4.39 Å². The summed E-state index contributed by atoms with van der Waals surface area (Å²) in [5, 5.41) is 5.33. The SMILES string of the molecule is CCCNCc1ccc(F)c(COCc2cccs2)c1. The Hall–Kier alpha value is -1.23. The Morgan fingerprint density at radius 2 is 2.15 bits per heavy atom. The summed E-state index contributed by atoms with van der Waals surface area (Å²) in [7, 11) is 0. The molecule has 1 heterocycles. The van der Waals surface area contributed by atoms with Gasteiger partial charge in [0.05, 0.1) is 13.2 Å². The standard InChI is InChI=1S/C16H20FNOS/c1-2-7-18-10-13-5-6-16(17)14(9-13)11-19-12-15-4-3-8-20-15/h3-6,8-9,18H,2,7,10-12H2,1H3. The van der Waals surface area contributed by atoms with Gasteiger partial charge in [-0.05, 0) is 42.1 Å². The summed E-state index contributed by atoms with van der Waals surface area (Å²) in [6.45, 7) is 4.72. The van der Waals surface area contributed by atoms with Crippen LogP contribution in [0.2, 0.25) is 0 Å². The molecule has 0 saturated carbocycles. The zero-order valence-corrected chi connectivity index (χ0v) is 12.5. The number of benzene rings is 1. The number of rotatable bonds is 8. The van der Waals surface area contributed by atoms with Gasteiger partial charge in [-0.2, -0.15) is 0 Å². The molecule has 0 saturated heterocycles. The van der Waals surface area contributed by atoms with Gasteiger partial charge < -0.3 is 10.1 Å². The molecule has 0 radical (unpaired) electrons. The van der Waals surface area contributed by atoms with Gasteiger partial charge in [0.2, 0.25) is 0 Å². The quantitative estimate of drug-likeness (QED) is 0.740. The lowest BCUT2D eigenvalue weighted by molar-refractivity contribution is 0.107. The van der Waals surface area contributed by atoms with E-state index < -0.39 is 0 Å². The molecule has 0 aliphatic rings. The van der Waals surface area contributed by atoms with Crippen LogP contribution in [0.4, 0.5) is 4.39 Å². The molecule has 0 fully saturated rings. The molecule has 1 aromatic carbocycles. The zero-order valence-electron chi connectivity index (χ0n) is 11.7. The highest BCUT2D eigenvalue weighted by Crippen LogP contribution is 2.15. The first-order valence-corrected chi connectivity index (χ1v) is 7.75. The highest BCUT2D eigenvalue weighted by molar-refractivity contribution is 7.09. The fraction of sp³-hybridized carbons (Fsp3) is 0.375. The fourth-order valence-corrected chi connectivity index (χ4v) is 2.55. The van der Waals surface area contributed by atoms with Crippen molar-refractivity contribution in [2.45, 2.75) is 33.1 Å². The minimum atomic E-state index is -0.199. The monoisotopic (exact) mass is 293 g/mol. The predicted molar refractivity (Wildman–Crippen MR) is 81.2 cm³/mol. The average molecular weight is 293 g/mol. The zero-order chi connectivity index (χ0) is 14.2. The molecule has 20 heavy (non-hydrogen) atoms. The molecule has 0 unspecified atom stereocenters. The van der Waals surface area contributed by atoms with Crippen molar-refractivity contribution in [1.82, 2.24) is 5.32 Å². The van der Waals surface area contributed by atoms with E-state index in [2.05, 4.69) is 12.2 Å². The van der Waals surface area contributed by atoms with E-state index in [4.69, 9.17) is 4.74 Å². The van der Waals surface area contributed by atoms with E-state index in [-0.39, 0.29) is 5.82 Å². The third kappa shape index (κ3) is 4.71. The van der Waals surface area contributed by atoms with Crippen molar-refractivity contribution < 1.29 is 9.13 Å². The van der Waals surface area contributed by atoms with Gasteiger partial charge >= 0.3 is 0 Å². The fourth-order valence-electron chi connectivity index (χ4n) is 1.91. The molecule has 0 amide bonds. The summed E-state index contributed by atoms with van der Waals surface area (Å²) in [5.74, 6) is -0.199. The number of halogens is 1. The predicted octanol–water partition coefficient (Wildman–Crippen LogP) is 4.10. The second-order valence-corrected chi connectivity index (χ2v) is 5.71. The van der Waals surface area contributed by atoms with Crippen molar-refractivity contribution in [3.63, 3.8) is 0 Å². The van der Waals surface area contributed by atoms with Crippen LogP contribution in [-0.4, -0.2) is 6.54 Å². The Bertz CT molecular complexity index is 513. The Morgan fingerprint density at radius 1 is 1.25 bits per heavy atom. The van der Waals surface area contributed by atoms with Crippen LogP contribution in [0.3, 0.4) is 0 Å². The molecular weight excluding hydrogens is 273 g/mol. The maximum Gasteiger partial charge on any atom is 0.128 e. The Balaban J connectivity index is 1.87. The summed E-state index contributed by atoms with van der Waals surface area (Å²) < 4.78 is 19.3. The lowest BCUT2D eigenvalue weighted by Crippen LogP contribution is -2.14. The van der Waals surface area contributed by atoms with Crippen molar-refractivity contribution >= 4 is 11.3 Å². The number of hydrogen-bond acceptors (Lipinski definition) is 3. The number of nitrogens with one attached hydrogen (secondary N) is 1. The minimum Gasteiger partial charge on any atom is -0.371 e. The summed E-state index contributed by atoms with van der Waals surface area (Å²) in [5.41, 5.74) is 1.71. The normalized spacial score (nSPS) is 10.9. The molecule has 2 aromatic rings. The van der Waals surface area contributed by atoms with Crippen LogP contribution in [0.15, 0.2) is 35.7 Å². The highest BCUT2D eigenvalue weighted by atomic mass is 32.1. The average Bonchev–Trinajstić information content (AvgIpc) is 2.95. The van der Waals surface area contributed by atoms with Gasteiger partial charge in [-0.1, -0.05) is 19.1 Å². The molecule has 1 N–H and O–H groups in total. The van der Waals surface area contributed by atoms with Crippen LogP contribution in [0, 0.1) is 5.82 Å². The molecule has 0 bridgehead atoms. The largest absolute Gasteiger partial charge is 0.371 e. The van der Waals surface area contributed by atoms with Gasteiger partial charge in [0.25, 0.3) is 0 Å². The van der Waals surface area contributed by atoms with Crippen molar-refractivity contribution in [3.05, 3.63) is 57.5 Å². The molecule has 1 aromatic heterocycles. The summed E-state index contributed by atoms with van der Waals surface area (Å²) in [6.07, 6.45) is 1.10. The highest BCUT2D eigenvalue weighted by Gasteiger charge is 2.04. The minimum absolute atomic E-state index is 0.199. The maximum atomic E-state index is 13.7. The van der Waals surface area contributed by atoms with Crippen molar-refractivity contribution in [2.75, 3.05) is 6.54 Å². The van der Waals surface area contributed by atoms with Crippen molar-refractivity contribution in [2.24, 2.45) is 0 Å². The van der Waals surface area contributed by atoms with Gasteiger partial charge in [0, 0.05) is 17.0 Å². The van der Waals surface area contributed by atoms with Gasteiger partial charge in [-0.3, -0.25) is 0 Å². The number of ether oxygens (including phenoxy) is 1. The van der Waals surface area contributed by atoms with Crippen LogP contribution in [0.1, 0.15) is 29.3 Å². The van der Waals surface area contributed by atoms with Crippen molar-refractivity contribution in [3.8, 4) is 0 Å². The molecular formula is C16H20FNOS. The molecule has 0 spiro atoms. The van der Waals surface area contributed by atoms with Crippen LogP contribution < -0.4 is 5.32 Å². The molecule has 0 atom stereocenters. The van der Waals surface area contributed by atoms with Crippen LogP contribution >= 0.6 is 11.3 Å². The number of thiophene rings is 1. The van der Waals surface area contributed by atoms with Gasteiger partial charge in [0.1, 0.15) is 5.82 Å². The smallest absolute Gasteiger partial charge is 0.128 e. The lowest BCUT2D eigenvalue weighted by Gasteiger charge is -2.08. The van der Waals surface area contributed by atoms with E-state index in [1.54, 1.807) is 11.3 Å². The van der Waals surface area contributed by atoms with Gasteiger partial charge in [0.15, 0.2) is 0 Å². The maximum absolute atomic E-state index is 13.7. The summed E-state index contributed by atoms with van der Waals surface area (Å²) in [4.78, 5) is 1.16. The van der Waals surface area contributed by atoms with Gasteiger partial charge in [-0.15, -0.1) is 11.3 Å². The van der Waals surface area contributed by atoms with E-state index >= 15 is 0 Å². The topological polar surface area (TPSA) is 21.3 Å². The van der Waals surface area contributed by atoms with Crippen LogP contribution in [-0.2, 0) is 24.5 Å². The van der Waals surface area contributed by atoms with Crippen LogP contribution in [0.5, 0.6) is 0 Å². The molecule has 4 heteroatoms. The second-order valence-electron chi connectivity index (χ2n) is 4.67. The third-order valence-corrected chi connectivity index (χ3v) is 3.80. The second kappa shape index (κ2) is 8.15. The van der Waals surface area contributed by atoms with E-state index in [0.29, 0.717) is 18.8 Å². The molecule has 2 rings (SSSR count). The van der Waals surface area contributed by atoms with E-state index in [1.807, 2.05) is 29.6 Å². The summed E-state index contributed by atoms with van der Waals surface area (Å²) >= 11 is 1.65. The molecule has 2 nitrogen and oxygen atoms in total. The molecule has 108 valence electrons. The first-order chi connectivity index (χ1) is 9.79. The Kier molecular flexibility index (Phi) is 6.18. The Labute approximate surface area is 123 Å². The molecule has 0 aliphatic carbocycles. The van der Waals surface area contributed by atoms with E-state index in [0.717, 1.165) is 30.0 Å². The first kappa shape index (κ1) is 15.2. The van der Waals surface area contributed by atoms with Gasteiger partial charge in [-0.25, -0.2) is 4.39 Å². The third-order valence-electron chi connectivity index (χ3n) is 2.95.